The van der Waals surface area contributed by atoms with E-state index >= 15 is 0 Å². The number of alkyl halides is 12. The van der Waals surface area contributed by atoms with Crippen LogP contribution in [0, 0.1) is 5.41 Å². The molecule has 3 aromatic rings. The second-order valence-electron chi connectivity index (χ2n) is 11.2. The lowest BCUT2D eigenvalue weighted by molar-refractivity contribution is -0.144. The number of Topliss-reactive ketones (excluding diaryl/α,β-unsaturated/α-hetero) is 1. The van der Waals surface area contributed by atoms with Gasteiger partial charge in [0.2, 0.25) is 0 Å². The molecule has 0 aliphatic carbocycles. The molecule has 260 valence electrons. The molecule has 6 nitrogen and oxygen atoms in total. The number of carbonyl (C=O) groups is 3. The molecule has 0 radical (unpaired) electrons. The van der Waals surface area contributed by atoms with Crippen LogP contribution >= 0.6 is 0 Å². The summed E-state index contributed by atoms with van der Waals surface area (Å²) in [4.78, 5) is 38.7. The van der Waals surface area contributed by atoms with Gasteiger partial charge in [0, 0.05) is 5.56 Å². The Morgan fingerprint density at radius 3 is 1.17 bits per heavy atom. The first-order valence-electron chi connectivity index (χ1n) is 13.1. The van der Waals surface area contributed by atoms with Gasteiger partial charge in [-0.1, -0.05) is 20.8 Å². The Kier molecular flexibility index (Phi) is 10.1. The molecule has 2 N–H and O–H groups in total. The largest absolute Gasteiger partial charge is 0.419 e. The number of ether oxygens (including phenoxy) is 2. The Hall–Kier alpha value is -4.61. The molecule has 0 bridgehead atoms. The van der Waals surface area contributed by atoms with Crippen LogP contribution in [-0.4, -0.2) is 23.8 Å². The van der Waals surface area contributed by atoms with Crippen molar-refractivity contribution in [2.24, 2.45) is 11.1 Å². The summed E-state index contributed by atoms with van der Waals surface area (Å²) in [6.45, 7) is 4.63. The number of esters is 2. The summed E-state index contributed by atoms with van der Waals surface area (Å²) < 4.78 is 170. The first-order chi connectivity index (χ1) is 21.6. The van der Waals surface area contributed by atoms with E-state index in [0.717, 1.165) is 6.07 Å². The molecule has 1 atom stereocenters. The molecule has 0 aliphatic heterocycles. The van der Waals surface area contributed by atoms with E-state index in [-0.39, 0.29) is 36.4 Å². The fourth-order valence-electron chi connectivity index (χ4n) is 3.86. The Labute approximate surface area is 262 Å². The number of hydrogen-bond donors (Lipinski definition) is 1. The second-order valence-corrected chi connectivity index (χ2v) is 11.2. The zero-order chi connectivity index (χ0) is 36.8. The highest BCUT2D eigenvalue weighted by Crippen LogP contribution is 2.39. The summed E-state index contributed by atoms with van der Waals surface area (Å²) in [5.74, 6) is -6.71. The lowest BCUT2D eigenvalue weighted by Gasteiger charge is -2.26. The highest BCUT2D eigenvalue weighted by Gasteiger charge is 2.39. The van der Waals surface area contributed by atoms with E-state index in [2.05, 4.69) is 0 Å². The van der Waals surface area contributed by atoms with E-state index in [1.165, 1.54) is 0 Å². The van der Waals surface area contributed by atoms with E-state index in [1.54, 1.807) is 20.8 Å². The molecule has 3 aromatic carbocycles. The van der Waals surface area contributed by atoms with Crippen LogP contribution < -0.4 is 15.2 Å². The van der Waals surface area contributed by atoms with Crippen molar-refractivity contribution < 1.29 is 76.5 Å². The standard InChI is InChI=1S/C30H21F12NO5/c1-26(2,3)23(43)22(44)13-4-5-20(47-24(45)14-6-16(27(31,32)33)11-17(7-14)28(34,35)36)21(10-13)48-25(46)15-8-18(29(37,38)39)12-19(9-15)30(40,41)42/h4-12,23H,43H2,1-3H3. The van der Waals surface area contributed by atoms with Gasteiger partial charge in [-0.25, -0.2) is 9.59 Å². The van der Waals surface area contributed by atoms with Gasteiger partial charge in [-0.3, -0.25) is 4.79 Å². The van der Waals surface area contributed by atoms with Crippen LogP contribution in [0.3, 0.4) is 0 Å². The molecular weight excluding hydrogens is 682 g/mol. The minimum atomic E-state index is -5.38. The van der Waals surface area contributed by atoms with Gasteiger partial charge in [-0.05, 0) is 60.0 Å². The fraction of sp³-hybridized carbons (Fsp3) is 0.300. The number of carbonyl (C=O) groups excluding carboxylic acids is 3. The first-order valence-corrected chi connectivity index (χ1v) is 13.1. The molecular formula is C30H21F12NO5. The zero-order valence-electron chi connectivity index (χ0n) is 24.4. The van der Waals surface area contributed by atoms with Gasteiger partial charge in [0.15, 0.2) is 17.3 Å². The van der Waals surface area contributed by atoms with Crippen LogP contribution in [0.4, 0.5) is 52.7 Å². The predicted molar refractivity (Wildman–Crippen MR) is 141 cm³/mol. The lowest BCUT2D eigenvalue weighted by atomic mass is 9.83. The summed E-state index contributed by atoms with van der Waals surface area (Å²) in [5.41, 5.74) is -5.64. The maximum atomic E-state index is 13.3. The minimum Gasteiger partial charge on any atom is -0.419 e. The molecule has 0 aliphatic rings. The Balaban J connectivity index is 2.16. The van der Waals surface area contributed by atoms with Crippen molar-refractivity contribution in [1.82, 2.24) is 0 Å². The average molecular weight is 703 g/mol. The van der Waals surface area contributed by atoms with Crippen molar-refractivity contribution in [3.63, 3.8) is 0 Å². The van der Waals surface area contributed by atoms with Gasteiger partial charge in [0.25, 0.3) is 0 Å². The second kappa shape index (κ2) is 12.8. The van der Waals surface area contributed by atoms with Crippen LogP contribution in [0.1, 0.15) is 74.1 Å². The Morgan fingerprint density at radius 1 is 0.521 bits per heavy atom. The monoisotopic (exact) mass is 703 g/mol. The van der Waals surface area contributed by atoms with Crippen molar-refractivity contribution in [2.75, 3.05) is 0 Å². The van der Waals surface area contributed by atoms with Crippen molar-refractivity contribution in [1.29, 1.82) is 0 Å². The van der Waals surface area contributed by atoms with E-state index in [0.29, 0.717) is 12.1 Å². The van der Waals surface area contributed by atoms with Gasteiger partial charge in [0.1, 0.15) is 0 Å². The van der Waals surface area contributed by atoms with E-state index < -0.39 is 104 Å². The van der Waals surface area contributed by atoms with Crippen molar-refractivity contribution in [3.8, 4) is 11.5 Å². The molecule has 0 fully saturated rings. The maximum absolute atomic E-state index is 13.3. The average Bonchev–Trinajstić information content (AvgIpc) is 2.94. The third-order valence-corrected chi connectivity index (χ3v) is 6.50. The molecule has 0 amide bonds. The predicted octanol–water partition coefficient (Wildman–Crippen LogP) is 8.76. The summed E-state index contributed by atoms with van der Waals surface area (Å²) >= 11 is 0. The summed E-state index contributed by atoms with van der Waals surface area (Å²) in [7, 11) is 0. The smallest absolute Gasteiger partial charge is 0.416 e. The van der Waals surface area contributed by atoms with E-state index in [1.807, 2.05) is 0 Å². The zero-order valence-corrected chi connectivity index (χ0v) is 24.4. The number of nitrogens with two attached hydrogens (primary N) is 1. The van der Waals surface area contributed by atoms with Crippen LogP contribution in [-0.2, 0) is 24.7 Å². The van der Waals surface area contributed by atoms with Crippen LogP contribution in [0.5, 0.6) is 11.5 Å². The number of halogens is 12. The highest BCUT2D eigenvalue weighted by molar-refractivity contribution is 6.01. The van der Waals surface area contributed by atoms with E-state index in [9.17, 15) is 67.1 Å². The molecule has 0 heterocycles. The number of benzene rings is 3. The molecule has 0 saturated carbocycles. The molecule has 1 unspecified atom stereocenters. The fourth-order valence-corrected chi connectivity index (χ4v) is 3.86. The summed E-state index contributed by atoms with van der Waals surface area (Å²) in [6, 6.07) is 0.383. The first kappa shape index (κ1) is 37.8. The minimum absolute atomic E-state index is 0.00476. The molecule has 0 aromatic heterocycles. The molecule has 48 heavy (non-hydrogen) atoms. The van der Waals surface area contributed by atoms with Gasteiger partial charge >= 0.3 is 36.6 Å². The quantitative estimate of drug-likeness (QED) is 0.119. The van der Waals surface area contributed by atoms with Crippen molar-refractivity contribution >= 4 is 17.7 Å². The van der Waals surface area contributed by atoms with Gasteiger partial charge in [-0.15, -0.1) is 0 Å². The molecule has 3 rings (SSSR count). The molecule has 18 heteroatoms. The van der Waals surface area contributed by atoms with Crippen LogP contribution in [0.25, 0.3) is 0 Å². The summed E-state index contributed by atoms with van der Waals surface area (Å²) in [5, 5.41) is 0. The maximum Gasteiger partial charge on any atom is 0.416 e. The third kappa shape index (κ3) is 9.05. The topological polar surface area (TPSA) is 95.7 Å². The number of hydrogen-bond acceptors (Lipinski definition) is 6. The summed E-state index contributed by atoms with van der Waals surface area (Å²) in [6.07, 6.45) is -21.5. The molecule has 0 saturated heterocycles. The lowest BCUT2D eigenvalue weighted by Crippen LogP contribution is -2.42. The third-order valence-electron chi connectivity index (χ3n) is 6.50. The Morgan fingerprint density at radius 2 is 0.854 bits per heavy atom. The Bertz CT molecular complexity index is 1670. The highest BCUT2D eigenvalue weighted by atomic mass is 19.4. The SMILES string of the molecule is CC(C)(C)C(N)C(=O)c1ccc(OC(=O)c2cc(C(F)(F)F)cc(C(F)(F)F)c2)c(OC(=O)c2cc(C(F)(F)F)cc(C(F)(F)F)c2)c1. The van der Waals surface area contributed by atoms with Gasteiger partial charge in [-0.2, -0.15) is 52.7 Å². The molecule has 0 spiro atoms. The van der Waals surface area contributed by atoms with Crippen LogP contribution in [0.2, 0.25) is 0 Å². The van der Waals surface area contributed by atoms with Crippen molar-refractivity contribution in [3.05, 3.63) is 93.5 Å². The van der Waals surface area contributed by atoms with Crippen LogP contribution in [0.15, 0.2) is 54.6 Å². The van der Waals surface area contributed by atoms with Gasteiger partial charge < -0.3 is 15.2 Å². The normalized spacial score (nSPS) is 13.6. The number of ketones is 1. The number of rotatable bonds is 6. The van der Waals surface area contributed by atoms with Crippen molar-refractivity contribution in [2.45, 2.75) is 51.5 Å². The van der Waals surface area contributed by atoms with E-state index in [4.69, 9.17) is 15.2 Å². The van der Waals surface area contributed by atoms with Gasteiger partial charge in [0.05, 0.1) is 39.4 Å².